The second kappa shape index (κ2) is 4.31. The molecule has 4 heteroatoms. The number of benzene rings is 1. The molecule has 3 aromatic rings. The van der Waals surface area contributed by atoms with Crippen LogP contribution in [0.5, 0.6) is 0 Å². The number of aromatic carboxylic acids is 1. The average Bonchev–Trinajstić information content (AvgIpc) is 2.96. The Hall–Kier alpha value is -2.49. The lowest BCUT2D eigenvalue weighted by molar-refractivity contribution is 0.0694. The van der Waals surface area contributed by atoms with E-state index in [1.54, 1.807) is 0 Å². The first-order chi connectivity index (χ1) is 9.16. The summed E-state index contributed by atoms with van der Waals surface area (Å²) in [6, 6.07) is 11.6. The second-order valence-electron chi connectivity index (χ2n) is 4.49. The molecule has 1 aromatic carbocycles. The minimum absolute atomic E-state index is 0.220. The van der Waals surface area contributed by atoms with Gasteiger partial charge in [0.1, 0.15) is 11.3 Å². The van der Waals surface area contributed by atoms with E-state index in [0.29, 0.717) is 12.3 Å². The zero-order valence-electron chi connectivity index (χ0n) is 10.5. The number of carboxylic acids is 1. The third kappa shape index (κ3) is 1.91. The lowest BCUT2D eigenvalue weighted by Crippen LogP contribution is -2.05. The van der Waals surface area contributed by atoms with Gasteiger partial charge in [-0.15, -0.1) is 0 Å². The molecule has 0 saturated heterocycles. The minimum Gasteiger partial charge on any atom is -0.478 e. The van der Waals surface area contributed by atoms with Crippen LogP contribution in [-0.4, -0.2) is 15.6 Å². The Kier molecular flexibility index (Phi) is 2.63. The van der Waals surface area contributed by atoms with Crippen LogP contribution in [0, 0.1) is 6.92 Å². The lowest BCUT2D eigenvalue weighted by Gasteiger charge is -2.07. The van der Waals surface area contributed by atoms with Crippen LogP contribution >= 0.6 is 0 Å². The van der Waals surface area contributed by atoms with Crippen LogP contribution in [0.1, 0.15) is 21.8 Å². The summed E-state index contributed by atoms with van der Waals surface area (Å²) >= 11 is 0. The van der Waals surface area contributed by atoms with Crippen molar-refractivity contribution in [1.29, 1.82) is 0 Å². The van der Waals surface area contributed by atoms with Crippen LogP contribution in [-0.2, 0) is 6.54 Å². The van der Waals surface area contributed by atoms with E-state index in [2.05, 4.69) is 10.6 Å². The molecule has 0 atom stereocenters. The maximum Gasteiger partial charge on any atom is 0.339 e. The van der Waals surface area contributed by atoms with Gasteiger partial charge >= 0.3 is 5.97 Å². The van der Waals surface area contributed by atoms with Gasteiger partial charge in [-0.2, -0.15) is 0 Å². The molecule has 0 radical (unpaired) electrons. The minimum atomic E-state index is -0.960. The van der Waals surface area contributed by atoms with E-state index in [-0.39, 0.29) is 5.56 Å². The largest absolute Gasteiger partial charge is 0.478 e. The monoisotopic (exact) mass is 255 g/mol. The van der Waals surface area contributed by atoms with Gasteiger partial charge in [-0.05, 0) is 30.5 Å². The van der Waals surface area contributed by atoms with E-state index in [0.717, 1.165) is 16.6 Å². The number of carbonyl (C=O) groups is 1. The van der Waals surface area contributed by atoms with E-state index in [1.807, 2.05) is 31.2 Å². The maximum atomic E-state index is 11.1. The third-order valence-electron chi connectivity index (χ3n) is 3.30. The van der Waals surface area contributed by atoms with E-state index < -0.39 is 5.97 Å². The Balaban J connectivity index is 2.08. The zero-order valence-corrected chi connectivity index (χ0v) is 10.5. The first-order valence-corrected chi connectivity index (χ1v) is 6.01. The fraction of sp³-hybridized carbons (Fsp3) is 0.133. The van der Waals surface area contributed by atoms with Crippen molar-refractivity contribution in [3.63, 3.8) is 0 Å². The molecule has 0 aliphatic carbocycles. The third-order valence-corrected chi connectivity index (χ3v) is 3.30. The number of furan rings is 1. The van der Waals surface area contributed by atoms with Crippen LogP contribution in [0.3, 0.4) is 0 Å². The fourth-order valence-corrected chi connectivity index (χ4v) is 2.36. The molecule has 1 N–H and O–H groups in total. The number of hydrogen-bond acceptors (Lipinski definition) is 2. The first-order valence-electron chi connectivity index (χ1n) is 6.01. The summed E-state index contributed by atoms with van der Waals surface area (Å²) in [6.07, 6.45) is 1.42. The Morgan fingerprint density at radius 2 is 2.11 bits per heavy atom. The lowest BCUT2D eigenvalue weighted by atomic mass is 10.2. The van der Waals surface area contributed by atoms with E-state index in [9.17, 15) is 4.79 Å². The first kappa shape index (κ1) is 11.6. The van der Waals surface area contributed by atoms with Gasteiger partial charge in [-0.25, -0.2) is 4.79 Å². The summed E-state index contributed by atoms with van der Waals surface area (Å²) in [5, 5.41) is 10.2. The second-order valence-corrected chi connectivity index (χ2v) is 4.49. The Morgan fingerprint density at radius 3 is 2.89 bits per heavy atom. The van der Waals surface area contributed by atoms with Gasteiger partial charge < -0.3 is 14.1 Å². The van der Waals surface area contributed by atoms with Gasteiger partial charge in [0.25, 0.3) is 0 Å². The molecule has 96 valence electrons. The standard InChI is InChI=1S/C15H13NO3/c1-10-8-11-4-2-3-5-13(11)16(10)9-14-12(15(17)18)6-7-19-14/h2-8H,9H2,1H3,(H,17,18). The van der Waals surface area contributed by atoms with Crippen LogP contribution < -0.4 is 0 Å². The van der Waals surface area contributed by atoms with Crippen molar-refractivity contribution < 1.29 is 14.3 Å². The number of fused-ring (bicyclic) bond motifs is 1. The molecule has 2 aromatic heterocycles. The normalized spacial score (nSPS) is 11.0. The van der Waals surface area contributed by atoms with Gasteiger partial charge in [0, 0.05) is 11.2 Å². The van der Waals surface area contributed by atoms with Crippen LogP contribution in [0.25, 0.3) is 10.9 Å². The number of rotatable bonds is 3. The predicted octanol–water partition coefficient (Wildman–Crippen LogP) is 3.29. The Labute approximate surface area is 109 Å². The van der Waals surface area contributed by atoms with Crippen molar-refractivity contribution in [2.24, 2.45) is 0 Å². The van der Waals surface area contributed by atoms with Crippen molar-refractivity contribution in [1.82, 2.24) is 4.57 Å². The number of aryl methyl sites for hydroxylation is 1. The quantitative estimate of drug-likeness (QED) is 0.781. The number of carboxylic acid groups (broad SMARTS) is 1. The molecule has 0 fully saturated rings. The van der Waals surface area contributed by atoms with Gasteiger partial charge in [0.2, 0.25) is 0 Å². The molecule has 19 heavy (non-hydrogen) atoms. The van der Waals surface area contributed by atoms with Crippen molar-refractivity contribution in [3.8, 4) is 0 Å². The van der Waals surface area contributed by atoms with Crippen molar-refractivity contribution >= 4 is 16.9 Å². The fourth-order valence-electron chi connectivity index (χ4n) is 2.36. The van der Waals surface area contributed by atoms with E-state index in [4.69, 9.17) is 9.52 Å². The molecule has 0 spiro atoms. The topological polar surface area (TPSA) is 55.4 Å². The summed E-state index contributed by atoms with van der Waals surface area (Å²) < 4.78 is 7.36. The highest BCUT2D eigenvalue weighted by Crippen LogP contribution is 2.22. The molecule has 0 aliphatic heterocycles. The van der Waals surface area contributed by atoms with Crippen molar-refractivity contribution in [3.05, 3.63) is 59.7 Å². The van der Waals surface area contributed by atoms with Crippen LogP contribution in [0.15, 0.2) is 47.1 Å². The highest BCUT2D eigenvalue weighted by atomic mass is 16.4. The predicted molar refractivity (Wildman–Crippen MR) is 71.4 cm³/mol. The molecule has 4 nitrogen and oxygen atoms in total. The van der Waals surface area contributed by atoms with Crippen LogP contribution in [0.4, 0.5) is 0 Å². The SMILES string of the molecule is Cc1cc2ccccc2n1Cc1occc1C(=O)O. The van der Waals surface area contributed by atoms with E-state index in [1.165, 1.54) is 12.3 Å². The highest BCUT2D eigenvalue weighted by molar-refractivity contribution is 5.88. The Bertz CT molecular complexity index is 752. The zero-order chi connectivity index (χ0) is 13.4. The summed E-state index contributed by atoms with van der Waals surface area (Å²) in [6.45, 7) is 2.43. The van der Waals surface area contributed by atoms with Gasteiger partial charge in [0.05, 0.1) is 12.8 Å². The molecular formula is C15H13NO3. The maximum absolute atomic E-state index is 11.1. The average molecular weight is 255 g/mol. The number of hydrogen-bond donors (Lipinski definition) is 1. The number of nitrogens with zero attached hydrogens (tertiary/aromatic N) is 1. The number of aromatic nitrogens is 1. The molecule has 0 saturated carbocycles. The molecule has 3 rings (SSSR count). The molecule has 0 unspecified atom stereocenters. The molecule has 0 amide bonds. The van der Waals surface area contributed by atoms with E-state index >= 15 is 0 Å². The summed E-state index contributed by atoms with van der Waals surface area (Å²) in [5.74, 6) is -0.491. The molecule has 0 bridgehead atoms. The smallest absolute Gasteiger partial charge is 0.339 e. The summed E-state index contributed by atoms with van der Waals surface area (Å²) in [7, 11) is 0. The molecular weight excluding hydrogens is 242 g/mol. The molecule has 0 aliphatic rings. The van der Waals surface area contributed by atoms with Gasteiger partial charge in [0.15, 0.2) is 0 Å². The summed E-state index contributed by atoms with van der Waals surface area (Å²) in [5.41, 5.74) is 2.37. The number of para-hydroxylation sites is 1. The van der Waals surface area contributed by atoms with Crippen LogP contribution in [0.2, 0.25) is 0 Å². The summed E-state index contributed by atoms with van der Waals surface area (Å²) in [4.78, 5) is 11.1. The highest BCUT2D eigenvalue weighted by Gasteiger charge is 2.15. The van der Waals surface area contributed by atoms with Gasteiger partial charge in [-0.3, -0.25) is 0 Å². The van der Waals surface area contributed by atoms with Crippen molar-refractivity contribution in [2.75, 3.05) is 0 Å². The molecule has 2 heterocycles. The Morgan fingerprint density at radius 1 is 1.32 bits per heavy atom. The van der Waals surface area contributed by atoms with Crippen molar-refractivity contribution in [2.45, 2.75) is 13.5 Å². The van der Waals surface area contributed by atoms with Gasteiger partial charge in [-0.1, -0.05) is 18.2 Å².